The number of ether oxygens (including phenoxy) is 1. The van der Waals surface area contributed by atoms with Crippen LogP contribution in [-0.2, 0) is 14.3 Å². The van der Waals surface area contributed by atoms with Crippen molar-refractivity contribution in [3.63, 3.8) is 0 Å². The topological polar surface area (TPSA) is 125 Å². The molecule has 1 unspecified atom stereocenters. The zero-order valence-electron chi connectivity index (χ0n) is 15.9. The molecule has 29 heavy (non-hydrogen) atoms. The van der Waals surface area contributed by atoms with E-state index in [1.807, 2.05) is 0 Å². The van der Waals surface area contributed by atoms with E-state index in [1.165, 1.54) is 50.2 Å². The Balaban J connectivity index is 1.97. The predicted molar refractivity (Wildman–Crippen MR) is 105 cm³/mol. The normalized spacial score (nSPS) is 10.9. The van der Waals surface area contributed by atoms with Crippen LogP contribution in [0.1, 0.15) is 41.0 Å². The smallest absolute Gasteiger partial charge is 0.338 e. The highest BCUT2D eigenvalue weighted by molar-refractivity contribution is 6.02. The van der Waals surface area contributed by atoms with E-state index in [4.69, 9.17) is 10.00 Å². The van der Waals surface area contributed by atoms with Gasteiger partial charge in [-0.05, 0) is 55.5 Å². The first-order chi connectivity index (χ1) is 13.8. The van der Waals surface area contributed by atoms with E-state index in [9.17, 15) is 19.2 Å². The molecular weight excluding hydrogens is 374 g/mol. The highest BCUT2D eigenvalue weighted by Crippen LogP contribution is 2.15. The SMILES string of the molecule is CC(=O)Nc1ccc(C(=O)C(C)OC(=O)c2ccc(NC(=O)CC#N)cc2)cc1. The van der Waals surface area contributed by atoms with Gasteiger partial charge in [-0.1, -0.05) is 0 Å². The van der Waals surface area contributed by atoms with Crippen LogP contribution in [0, 0.1) is 11.3 Å². The number of ketones is 1. The standard InChI is InChI=1S/C21H19N3O5/c1-13(20(27)15-3-7-17(8-4-15)23-14(2)25)29-21(28)16-5-9-18(10-6-16)24-19(26)11-12-22/h3-10,13H,11H2,1-2H3,(H,23,25)(H,24,26). The minimum atomic E-state index is -1.01. The molecule has 0 aromatic heterocycles. The molecule has 2 rings (SSSR count). The summed E-state index contributed by atoms with van der Waals surface area (Å²) in [5.41, 5.74) is 1.55. The summed E-state index contributed by atoms with van der Waals surface area (Å²) in [6, 6.07) is 13.9. The maximum atomic E-state index is 12.4. The summed E-state index contributed by atoms with van der Waals surface area (Å²) in [5.74, 6) is -1.74. The van der Waals surface area contributed by atoms with Crippen LogP contribution in [0.15, 0.2) is 48.5 Å². The van der Waals surface area contributed by atoms with Crippen LogP contribution < -0.4 is 10.6 Å². The van der Waals surface area contributed by atoms with Crippen molar-refractivity contribution in [2.24, 2.45) is 0 Å². The Morgan fingerprint density at radius 2 is 1.45 bits per heavy atom. The van der Waals surface area contributed by atoms with Gasteiger partial charge in [-0.15, -0.1) is 0 Å². The Hall–Kier alpha value is -3.99. The van der Waals surface area contributed by atoms with E-state index >= 15 is 0 Å². The van der Waals surface area contributed by atoms with Gasteiger partial charge in [0.15, 0.2) is 6.10 Å². The van der Waals surface area contributed by atoms with Crippen LogP contribution in [0.4, 0.5) is 11.4 Å². The second-order valence-corrected chi connectivity index (χ2v) is 6.13. The summed E-state index contributed by atoms with van der Waals surface area (Å²) >= 11 is 0. The Labute approximate surface area is 167 Å². The number of rotatable bonds is 7. The first-order valence-corrected chi connectivity index (χ1v) is 8.70. The minimum absolute atomic E-state index is 0.212. The van der Waals surface area contributed by atoms with Gasteiger partial charge in [-0.25, -0.2) is 4.79 Å². The van der Waals surface area contributed by atoms with Gasteiger partial charge in [0.2, 0.25) is 17.6 Å². The highest BCUT2D eigenvalue weighted by Gasteiger charge is 2.20. The first-order valence-electron chi connectivity index (χ1n) is 8.70. The van der Waals surface area contributed by atoms with Gasteiger partial charge in [0.25, 0.3) is 0 Å². The van der Waals surface area contributed by atoms with Gasteiger partial charge in [0.05, 0.1) is 11.6 Å². The number of hydrogen-bond donors (Lipinski definition) is 2. The molecular formula is C21H19N3O5. The van der Waals surface area contributed by atoms with Gasteiger partial charge in [-0.3, -0.25) is 14.4 Å². The fourth-order valence-electron chi connectivity index (χ4n) is 2.40. The molecule has 2 aromatic rings. The van der Waals surface area contributed by atoms with Gasteiger partial charge < -0.3 is 15.4 Å². The Bertz CT molecular complexity index is 959. The first kappa shape index (κ1) is 21.3. The molecule has 0 saturated carbocycles. The molecule has 2 amide bonds. The lowest BCUT2D eigenvalue weighted by Crippen LogP contribution is -2.24. The number of nitrogens with zero attached hydrogens (tertiary/aromatic N) is 1. The zero-order valence-corrected chi connectivity index (χ0v) is 15.9. The van der Waals surface area contributed by atoms with Crippen molar-refractivity contribution in [3.8, 4) is 6.07 Å². The number of Topliss-reactive ketones (excluding diaryl/α,β-unsaturated/α-hetero) is 1. The van der Waals surface area contributed by atoms with E-state index in [2.05, 4.69) is 10.6 Å². The fraction of sp³-hybridized carbons (Fsp3) is 0.190. The van der Waals surface area contributed by atoms with Crippen molar-refractivity contribution < 1.29 is 23.9 Å². The van der Waals surface area contributed by atoms with Gasteiger partial charge >= 0.3 is 5.97 Å². The van der Waals surface area contributed by atoms with Crippen molar-refractivity contribution in [1.82, 2.24) is 0 Å². The van der Waals surface area contributed by atoms with Gasteiger partial charge in [-0.2, -0.15) is 5.26 Å². The average Bonchev–Trinajstić information content (AvgIpc) is 2.68. The van der Waals surface area contributed by atoms with Crippen LogP contribution in [0.25, 0.3) is 0 Å². The summed E-state index contributed by atoms with van der Waals surface area (Å²) in [6.07, 6.45) is -1.28. The number of esters is 1. The van der Waals surface area contributed by atoms with Crippen molar-refractivity contribution in [2.75, 3.05) is 10.6 Å². The number of nitriles is 1. The van der Waals surface area contributed by atoms with Crippen LogP contribution in [0.5, 0.6) is 0 Å². The number of anilines is 2. The molecule has 0 radical (unpaired) electrons. The third kappa shape index (κ3) is 6.29. The number of carbonyl (C=O) groups is 4. The van der Waals surface area contributed by atoms with E-state index < -0.39 is 18.0 Å². The van der Waals surface area contributed by atoms with E-state index in [-0.39, 0.29) is 23.7 Å². The zero-order chi connectivity index (χ0) is 21.4. The van der Waals surface area contributed by atoms with Crippen LogP contribution in [0.2, 0.25) is 0 Å². The minimum Gasteiger partial charge on any atom is -0.451 e. The van der Waals surface area contributed by atoms with Crippen molar-refractivity contribution in [1.29, 1.82) is 5.26 Å². The molecule has 0 aliphatic rings. The quantitative estimate of drug-likeness (QED) is 0.550. The lowest BCUT2D eigenvalue weighted by atomic mass is 10.1. The monoisotopic (exact) mass is 393 g/mol. The van der Waals surface area contributed by atoms with Crippen molar-refractivity contribution >= 4 is 34.9 Å². The molecule has 0 spiro atoms. The molecule has 0 fully saturated rings. The van der Waals surface area contributed by atoms with Crippen molar-refractivity contribution in [2.45, 2.75) is 26.4 Å². The number of carbonyl (C=O) groups excluding carboxylic acids is 4. The summed E-state index contributed by atoms with van der Waals surface area (Å²) in [5, 5.41) is 13.6. The summed E-state index contributed by atoms with van der Waals surface area (Å²) in [7, 11) is 0. The fourth-order valence-corrected chi connectivity index (χ4v) is 2.40. The molecule has 0 heterocycles. The average molecular weight is 393 g/mol. The Morgan fingerprint density at radius 3 is 1.97 bits per heavy atom. The Kier molecular flexibility index (Phi) is 7.20. The molecule has 2 aromatic carbocycles. The molecule has 1 atom stereocenters. The van der Waals surface area contributed by atoms with Crippen molar-refractivity contribution in [3.05, 3.63) is 59.7 Å². The van der Waals surface area contributed by atoms with Gasteiger partial charge in [0.1, 0.15) is 6.42 Å². The lowest BCUT2D eigenvalue weighted by Gasteiger charge is -2.13. The number of nitrogens with one attached hydrogen (secondary N) is 2. The van der Waals surface area contributed by atoms with Crippen LogP contribution in [-0.4, -0.2) is 29.7 Å². The van der Waals surface area contributed by atoms with E-state index in [0.29, 0.717) is 16.9 Å². The Morgan fingerprint density at radius 1 is 0.931 bits per heavy atom. The molecule has 0 saturated heterocycles. The molecule has 148 valence electrons. The molecule has 0 aliphatic heterocycles. The largest absolute Gasteiger partial charge is 0.451 e. The highest BCUT2D eigenvalue weighted by atomic mass is 16.5. The third-order valence-corrected chi connectivity index (χ3v) is 3.79. The van der Waals surface area contributed by atoms with Crippen LogP contribution >= 0.6 is 0 Å². The van der Waals surface area contributed by atoms with E-state index in [1.54, 1.807) is 18.2 Å². The maximum Gasteiger partial charge on any atom is 0.338 e. The van der Waals surface area contributed by atoms with Crippen LogP contribution in [0.3, 0.4) is 0 Å². The second-order valence-electron chi connectivity index (χ2n) is 6.13. The summed E-state index contributed by atoms with van der Waals surface area (Å²) in [6.45, 7) is 2.85. The molecule has 0 aliphatic carbocycles. The van der Waals surface area contributed by atoms with E-state index in [0.717, 1.165) is 0 Å². The maximum absolute atomic E-state index is 12.4. The molecule has 8 heteroatoms. The summed E-state index contributed by atoms with van der Waals surface area (Å²) < 4.78 is 5.22. The molecule has 2 N–H and O–H groups in total. The number of hydrogen-bond acceptors (Lipinski definition) is 6. The molecule has 8 nitrogen and oxygen atoms in total. The summed E-state index contributed by atoms with van der Waals surface area (Å²) in [4.78, 5) is 47.1. The number of amides is 2. The number of benzene rings is 2. The van der Waals surface area contributed by atoms with Gasteiger partial charge in [0, 0.05) is 23.9 Å². The second kappa shape index (κ2) is 9.80. The third-order valence-electron chi connectivity index (χ3n) is 3.79. The lowest BCUT2D eigenvalue weighted by molar-refractivity contribution is -0.115. The molecule has 0 bridgehead atoms. The predicted octanol–water partition coefficient (Wildman–Crippen LogP) is 2.93.